The summed E-state index contributed by atoms with van der Waals surface area (Å²) in [4.78, 5) is 4.57. The number of hydrogen-bond acceptors (Lipinski definition) is 6. The van der Waals surface area contributed by atoms with Gasteiger partial charge in [-0.15, -0.1) is 23.5 Å². The molecule has 0 aliphatic carbocycles. The molecule has 9 heteroatoms. The number of rotatable bonds is 10. The first-order valence-electron chi connectivity index (χ1n) is 9.60. The normalized spacial score (nSPS) is 14.1. The Bertz CT molecular complexity index is 1010. The summed E-state index contributed by atoms with van der Waals surface area (Å²) in [5.74, 6) is 1.79. The molecule has 2 aromatic rings. The van der Waals surface area contributed by atoms with Crippen LogP contribution in [0.15, 0.2) is 61.1 Å². The monoisotopic (exact) mass is 463 g/mol. The van der Waals surface area contributed by atoms with Crippen LogP contribution < -0.4 is 4.90 Å². The van der Waals surface area contributed by atoms with E-state index in [0.29, 0.717) is 12.2 Å². The van der Waals surface area contributed by atoms with Crippen LogP contribution in [0.4, 0.5) is 5.69 Å². The fraction of sp³-hybridized carbons (Fsp3) is 0.333. The van der Waals surface area contributed by atoms with E-state index in [1.54, 1.807) is 30.6 Å². The minimum absolute atomic E-state index is 0.685. The largest absolute Gasteiger partial charge is 0.384 e. The quantitative estimate of drug-likeness (QED) is 0.294. The van der Waals surface area contributed by atoms with E-state index in [-0.39, 0.29) is 0 Å². The molecular weight excluding hydrogens is 438 g/mol. The molecule has 1 aliphatic heterocycles. The van der Waals surface area contributed by atoms with Crippen molar-refractivity contribution in [1.82, 2.24) is 0 Å². The molecule has 0 aromatic heterocycles. The van der Waals surface area contributed by atoms with Gasteiger partial charge in [0, 0.05) is 41.6 Å². The van der Waals surface area contributed by atoms with Crippen molar-refractivity contribution in [3.63, 3.8) is 0 Å². The van der Waals surface area contributed by atoms with Crippen molar-refractivity contribution < 1.29 is 13.2 Å². The van der Waals surface area contributed by atoms with Crippen molar-refractivity contribution in [2.75, 3.05) is 36.8 Å². The highest BCUT2D eigenvalue weighted by Gasteiger charge is 2.18. The van der Waals surface area contributed by atoms with Gasteiger partial charge in [0.15, 0.2) is 0 Å². The van der Waals surface area contributed by atoms with Crippen molar-refractivity contribution in [2.45, 2.75) is 23.1 Å². The van der Waals surface area contributed by atoms with Crippen LogP contribution in [0, 0.1) is 0 Å². The van der Waals surface area contributed by atoms with Crippen molar-refractivity contribution in [2.24, 2.45) is 8.80 Å². The predicted octanol–water partition coefficient (Wildman–Crippen LogP) is 4.49. The maximum absolute atomic E-state index is 12.2. The van der Waals surface area contributed by atoms with Crippen LogP contribution in [0.25, 0.3) is 0 Å². The molecule has 2 aromatic carbocycles. The van der Waals surface area contributed by atoms with Crippen LogP contribution in [0.1, 0.15) is 24.5 Å². The molecule has 30 heavy (non-hydrogen) atoms. The minimum atomic E-state index is -3.94. The highest BCUT2D eigenvalue weighted by molar-refractivity contribution is 8.00. The number of thioether (sulfide) groups is 2. The molecule has 160 valence electrons. The van der Waals surface area contributed by atoms with E-state index in [1.165, 1.54) is 18.1 Å². The number of methoxy groups -OCH3 is 1. The Kier molecular flexibility index (Phi) is 8.38. The lowest BCUT2D eigenvalue weighted by Gasteiger charge is -2.16. The highest BCUT2D eigenvalue weighted by atomic mass is 32.2. The Labute approximate surface area is 187 Å². The molecule has 1 aliphatic rings. The summed E-state index contributed by atoms with van der Waals surface area (Å²) in [6, 6.07) is 13.4. The van der Waals surface area contributed by atoms with E-state index in [1.807, 2.05) is 42.5 Å². The minimum Gasteiger partial charge on any atom is -0.384 e. The van der Waals surface area contributed by atoms with Gasteiger partial charge in [-0.2, -0.15) is 17.2 Å². The average Bonchev–Trinajstić information content (AvgIpc) is 3.14. The molecule has 0 amide bonds. The molecule has 0 radical (unpaired) electrons. The lowest BCUT2D eigenvalue weighted by atomic mass is 10.2. The zero-order valence-electron chi connectivity index (χ0n) is 17.0. The number of nitrogens with zero attached hydrogens (tertiary/aromatic N) is 3. The lowest BCUT2D eigenvalue weighted by molar-refractivity contribution is 0.218. The Morgan fingerprint density at radius 1 is 1.13 bits per heavy atom. The summed E-state index contributed by atoms with van der Waals surface area (Å²) >= 11 is 3.43. The SMILES string of the molecule is CCCN1CSc2cc(C=NS(=O)(=O)N=Cc3ccc(SCCOC)cc3)ccc21. The molecular formula is C21H25N3O3S3. The topological polar surface area (TPSA) is 71.3 Å². The van der Waals surface area contributed by atoms with E-state index in [0.717, 1.165) is 39.9 Å². The third kappa shape index (κ3) is 6.60. The summed E-state index contributed by atoms with van der Waals surface area (Å²) in [6.45, 7) is 3.86. The zero-order chi connectivity index (χ0) is 21.4. The lowest BCUT2D eigenvalue weighted by Crippen LogP contribution is -2.19. The van der Waals surface area contributed by atoms with Crippen LogP contribution in [-0.2, 0) is 14.9 Å². The molecule has 0 atom stereocenters. The van der Waals surface area contributed by atoms with Gasteiger partial charge in [-0.25, -0.2) is 0 Å². The number of hydrogen-bond donors (Lipinski definition) is 0. The second kappa shape index (κ2) is 11.0. The zero-order valence-corrected chi connectivity index (χ0v) is 19.5. The van der Waals surface area contributed by atoms with Gasteiger partial charge >= 0.3 is 10.2 Å². The van der Waals surface area contributed by atoms with Crippen molar-refractivity contribution in [3.05, 3.63) is 53.6 Å². The second-order valence-corrected chi connectivity index (χ2v) is 10.1. The number of anilines is 1. The molecule has 0 spiro atoms. The summed E-state index contributed by atoms with van der Waals surface area (Å²) in [6.07, 6.45) is 3.76. The molecule has 0 saturated heterocycles. The summed E-state index contributed by atoms with van der Waals surface area (Å²) < 4.78 is 36.7. The molecule has 0 fully saturated rings. The first-order chi connectivity index (χ1) is 14.5. The first-order valence-corrected chi connectivity index (χ1v) is 13.0. The summed E-state index contributed by atoms with van der Waals surface area (Å²) in [5.41, 5.74) is 2.65. The van der Waals surface area contributed by atoms with Crippen molar-refractivity contribution in [1.29, 1.82) is 0 Å². The van der Waals surface area contributed by atoms with Gasteiger partial charge in [0.2, 0.25) is 0 Å². The first kappa shape index (κ1) is 22.9. The number of fused-ring (bicyclic) bond motifs is 1. The van der Waals surface area contributed by atoms with Gasteiger partial charge in [-0.1, -0.05) is 25.1 Å². The Hall–Kier alpha value is -1.81. The number of ether oxygens (including phenoxy) is 1. The maximum Gasteiger partial charge on any atom is 0.362 e. The van der Waals surface area contributed by atoms with Crippen LogP contribution in [0.3, 0.4) is 0 Å². The Morgan fingerprint density at radius 2 is 1.83 bits per heavy atom. The molecule has 6 nitrogen and oxygen atoms in total. The van der Waals surface area contributed by atoms with Crippen molar-refractivity contribution in [3.8, 4) is 0 Å². The van der Waals surface area contributed by atoms with Crippen LogP contribution >= 0.6 is 23.5 Å². The fourth-order valence-corrected chi connectivity index (χ4v) is 5.34. The van der Waals surface area contributed by atoms with Gasteiger partial charge in [0.05, 0.1) is 18.2 Å². The predicted molar refractivity (Wildman–Crippen MR) is 128 cm³/mol. The molecule has 0 saturated carbocycles. The van der Waals surface area contributed by atoms with Gasteiger partial charge in [0.25, 0.3) is 0 Å². The Balaban J connectivity index is 1.61. The molecule has 1 heterocycles. The standard InChI is InChI=1S/C21H25N3O3S3/c1-3-10-24-16-29-21-13-18(6-9-20(21)24)15-23-30(25,26)22-14-17-4-7-19(8-5-17)28-12-11-27-2/h4-9,13-15H,3,10-12,16H2,1-2H3. The molecule has 0 bridgehead atoms. The molecule has 0 unspecified atom stereocenters. The second-order valence-electron chi connectivity index (χ2n) is 6.59. The van der Waals surface area contributed by atoms with E-state index >= 15 is 0 Å². The Morgan fingerprint density at radius 3 is 2.53 bits per heavy atom. The van der Waals surface area contributed by atoms with Crippen LogP contribution in [-0.4, -0.2) is 52.7 Å². The van der Waals surface area contributed by atoms with E-state index in [4.69, 9.17) is 4.74 Å². The molecule has 0 N–H and O–H groups in total. The third-order valence-corrected chi connectivity index (χ3v) is 7.10. The third-order valence-electron chi connectivity index (χ3n) is 4.30. The fourth-order valence-electron chi connectivity index (χ4n) is 2.83. The van der Waals surface area contributed by atoms with Gasteiger partial charge in [-0.3, -0.25) is 0 Å². The number of benzene rings is 2. The van der Waals surface area contributed by atoms with Crippen LogP contribution in [0.5, 0.6) is 0 Å². The van der Waals surface area contributed by atoms with E-state index < -0.39 is 10.2 Å². The highest BCUT2D eigenvalue weighted by Crippen LogP contribution is 2.38. The summed E-state index contributed by atoms with van der Waals surface area (Å²) in [7, 11) is -2.27. The smallest absolute Gasteiger partial charge is 0.362 e. The van der Waals surface area contributed by atoms with Crippen molar-refractivity contribution >= 4 is 51.8 Å². The summed E-state index contributed by atoms with van der Waals surface area (Å²) in [5, 5.41) is 0. The van der Waals surface area contributed by atoms with E-state index in [2.05, 4.69) is 20.6 Å². The maximum atomic E-state index is 12.2. The van der Waals surface area contributed by atoms with Gasteiger partial charge in [-0.05, 0) is 41.8 Å². The molecule has 3 rings (SSSR count). The van der Waals surface area contributed by atoms with Crippen LogP contribution in [0.2, 0.25) is 0 Å². The van der Waals surface area contributed by atoms with Gasteiger partial charge in [0.1, 0.15) is 0 Å². The van der Waals surface area contributed by atoms with Gasteiger partial charge < -0.3 is 9.64 Å². The average molecular weight is 464 g/mol. The van der Waals surface area contributed by atoms with E-state index in [9.17, 15) is 8.42 Å².